The summed E-state index contributed by atoms with van der Waals surface area (Å²) in [5, 5.41) is 14.5. The Hall–Kier alpha value is -4.20. The summed E-state index contributed by atoms with van der Waals surface area (Å²) >= 11 is 0. The number of carbonyl (C=O) groups is 2. The van der Waals surface area contributed by atoms with Gasteiger partial charge in [-0.05, 0) is 37.5 Å². The first-order valence-electron chi connectivity index (χ1n) is 11.2. The Bertz CT molecular complexity index is 1210. The van der Waals surface area contributed by atoms with Crippen LogP contribution in [0.15, 0.2) is 83.2 Å². The molecule has 1 heterocycles. The second kappa shape index (κ2) is 11.3. The third-order valence-corrected chi connectivity index (χ3v) is 5.76. The molecule has 0 saturated carbocycles. The van der Waals surface area contributed by atoms with E-state index in [0.29, 0.717) is 23.4 Å². The van der Waals surface area contributed by atoms with Gasteiger partial charge in [-0.25, -0.2) is 9.59 Å². The maximum Gasteiger partial charge on any atom is 0.337 e. The van der Waals surface area contributed by atoms with Crippen molar-refractivity contribution in [3.05, 3.63) is 104 Å². The van der Waals surface area contributed by atoms with E-state index in [1.807, 2.05) is 49.4 Å². The molecule has 0 radical (unpaired) electrons. The zero-order chi connectivity index (χ0) is 25.5. The van der Waals surface area contributed by atoms with Gasteiger partial charge in [0.25, 0.3) is 5.69 Å². The number of carbonyl (C=O) groups excluding carboxylic acids is 2. The highest BCUT2D eigenvalue weighted by molar-refractivity contribution is 6.00. The first kappa shape index (κ1) is 25.4. The summed E-state index contributed by atoms with van der Waals surface area (Å²) in [6.07, 6.45) is 3.71. The highest BCUT2D eigenvalue weighted by Crippen LogP contribution is 2.40. The molecule has 8 heteroatoms. The Morgan fingerprint density at radius 3 is 2.31 bits per heavy atom. The number of rotatable bonds is 8. The molecule has 3 rings (SSSR count). The van der Waals surface area contributed by atoms with Crippen molar-refractivity contribution in [2.45, 2.75) is 39.2 Å². The average Bonchev–Trinajstić information content (AvgIpc) is 2.86. The zero-order valence-electron chi connectivity index (χ0n) is 20.1. The van der Waals surface area contributed by atoms with Crippen LogP contribution < -0.4 is 5.32 Å². The van der Waals surface area contributed by atoms with Crippen LogP contribution in [0.2, 0.25) is 0 Å². The zero-order valence-corrected chi connectivity index (χ0v) is 20.1. The van der Waals surface area contributed by atoms with Gasteiger partial charge in [0.1, 0.15) is 6.10 Å². The van der Waals surface area contributed by atoms with Gasteiger partial charge in [-0.15, -0.1) is 0 Å². The summed E-state index contributed by atoms with van der Waals surface area (Å²) < 4.78 is 10.8. The van der Waals surface area contributed by atoms with E-state index in [1.54, 1.807) is 19.9 Å². The molecule has 0 fully saturated rings. The first-order chi connectivity index (χ1) is 16.8. The number of esters is 2. The van der Waals surface area contributed by atoms with Gasteiger partial charge in [-0.1, -0.05) is 55.5 Å². The SMILES string of the molecule is CCC(C=Cc1ccccc1)OC(=O)C1=C(C)NC(C)=C(C(=O)OC)C1c1cccc([N+](=O)[O-])c1. The smallest absolute Gasteiger partial charge is 0.337 e. The van der Waals surface area contributed by atoms with Gasteiger partial charge in [0.2, 0.25) is 0 Å². The minimum atomic E-state index is -0.897. The van der Waals surface area contributed by atoms with Gasteiger partial charge in [-0.3, -0.25) is 10.1 Å². The monoisotopic (exact) mass is 476 g/mol. The number of hydrogen-bond donors (Lipinski definition) is 1. The summed E-state index contributed by atoms with van der Waals surface area (Å²) in [5.74, 6) is -2.16. The van der Waals surface area contributed by atoms with E-state index >= 15 is 0 Å². The molecule has 0 amide bonds. The van der Waals surface area contributed by atoms with E-state index in [-0.39, 0.29) is 16.8 Å². The van der Waals surface area contributed by atoms with E-state index < -0.39 is 28.9 Å². The molecule has 1 N–H and O–H groups in total. The minimum absolute atomic E-state index is 0.148. The van der Waals surface area contributed by atoms with E-state index in [1.165, 1.54) is 25.3 Å². The second-order valence-electron chi connectivity index (χ2n) is 8.10. The molecule has 35 heavy (non-hydrogen) atoms. The van der Waals surface area contributed by atoms with Crippen LogP contribution in [0.5, 0.6) is 0 Å². The van der Waals surface area contributed by atoms with Crippen molar-refractivity contribution >= 4 is 23.7 Å². The molecule has 182 valence electrons. The predicted molar refractivity (Wildman–Crippen MR) is 132 cm³/mol. The number of nitrogens with zero attached hydrogens (tertiary/aromatic N) is 1. The molecule has 1 aliphatic rings. The molecule has 2 aromatic rings. The van der Waals surface area contributed by atoms with Crippen LogP contribution in [0, 0.1) is 10.1 Å². The third-order valence-electron chi connectivity index (χ3n) is 5.76. The lowest BCUT2D eigenvalue weighted by atomic mass is 9.80. The fourth-order valence-corrected chi connectivity index (χ4v) is 4.04. The van der Waals surface area contributed by atoms with Gasteiger partial charge in [-0.2, -0.15) is 0 Å². The number of hydrogen-bond acceptors (Lipinski definition) is 7. The summed E-state index contributed by atoms with van der Waals surface area (Å²) in [7, 11) is 1.25. The lowest BCUT2D eigenvalue weighted by Gasteiger charge is -2.30. The van der Waals surface area contributed by atoms with Crippen LogP contribution in [0.25, 0.3) is 6.08 Å². The van der Waals surface area contributed by atoms with Crippen molar-refractivity contribution < 1.29 is 24.0 Å². The van der Waals surface area contributed by atoms with Crippen molar-refractivity contribution in [2.24, 2.45) is 0 Å². The van der Waals surface area contributed by atoms with Crippen molar-refractivity contribution in [3.8, 4) is 0 Å². The molecule has 0 saturated heterocycles. The van der Waals surface area contributed by atoms with Gasteiger partial charge in [0.05, 0.1) is 29.1 Å². The number of benzene rings is 2. The molecule has 8 nitrogen and oxygen atoms in total. The molecule has 2 unspecified atom stereocenters. The number of allylic oxidation sites excluding steroid dienone is 2. The quantitative estimate of drug-likeness (QED) is 0.323. The number of non-ortho nitro benzene ring substituents is 1. The minimum Gasteiger partial charge on any atom is -0.466 e. The maximum absolute atomic E-state index is 13.5. The second-order valence-corrected chi connectivity index (χ2v) is 8.10. The van der Waals surface area contributed by atoms with Crippen molar-refractivity contribution in [2.75, 3.05) is 7.11 Å². The first-order valence-corrected chi connectivity index (χ1v) is 11.2. The number of nitro groups is 1. The molecule has 1 aliphatic heterocycles. The van der Waals surface area contributed by atoms with Crippen LogP contribution >= 0.6 is 0 Å². The number of methoxy groups -OCH3 is 1. The molecular weight excluding hydrogens is 448 g/mol. The normalized spacial score (nSPS) is 16.6. The largest absolute Gasteiger partial charge is 0.466 e. The molecule has 2 aromatic carbocycles. The van der Waals surface area contributed by atoms with Gasteiger partial charge < -0.3 is 14.8 Å². The Labute approximate surface area is 204 Å². The number of ether oxygens (including phenoxy) is 2. The van der Waals surface area contributed by atoms with Crippen molar-refractivity contribution in [1.82, 2.24) is 5.32 Å². The lowest BCUT2D eigenvalue weighted by Crippen LogP contribution is -2.33. The summed E-state index contributed by atoms with van der Waals surface area (Å²) in [4.78, 5) is 37.1. The molecule has 0 spiro atoms. The summed E-state index contributed by atoms with van der Waals surface area (Å²) in [5.41, 5.74) is 2.63. The van der Waals surface area contributed by atoms with Crippen molar-refractivity contribution in [3.63, 3.8) is 0 Å². The van der Waals surface area contributed by atoms with E-state index in [2.05, 4.69) is 5.32 Å². The van der Waals surface area contributed by atoms with Crippen LogP contribution in [0.4, 0.5) is 5.69 Å². The Kier molecular flexibility index (Phi) is 8.20. The number of nitro benzene ring substituents is 1. The average molecular weight is 477 g/mol. The third kappa shape index (κ3) is 5.84. The Morgan fingerprint density at radius 2 is 1.71 bits per heavy atom. The van der Waals surface area contributed by atoms with Crippen LogP contribution in [-0.2, 0) is 19.1 Å². The molecule has 2 atom stereocenters. The molecule has 0 bridgehead atoms. The Balaban J connectivity index is 2.01. The van der Waals surface area contributed by atoms with Crippen molar-refractivity contribution in [1.29, 1.82) is 0 Å². The van der Waals surface area contributed by atoms with Crippen LogP contribution in [-0.4, -0.2) is 30.1 Å². The molecule has 0 aliphatic carbocycles. The highest BCUT2D eigenvalue weighted by Gasteiger charge is 2.38. The topological polar surface area (TPSA) is 108 Å². The van der Waals surface area contributed by atoms with Crippen LogP contribution in [0.3, 0.4) is 0 Å². The highest BCUT2D eigenvalue weighted by atomic mass is 16.6. The molecule has 0 aromatic heterocycles. The van der Waals surface area contributed by atoms with Crippen LogP contribution in [0.1, 0.15) is 44.2 Å². The maximum atomic E-state index is 13.5. The van der Waals surface area contributed by atoms with Gasteiger partial charge in [0, 0.05) is 23.5 Å². The van der Waals surface area contributed by atoms with Gasteiger partial charge >= 0.3 is 11.9 Å². The fraction of sp³-hybridized carbons (Fsp3) is 0.259. The van der Waals surface area contributed by atoms with E-state index in [9.17, 15) is 19.7 Å². The van der Waals surface area contributed by atoms with E-state index in [4.69, 9.17) is 9.47 Å². The van der Waals surface area contributed by atoms with Gasteiger partial charge in [0.15, 0.2) is 0 Å². The fourth-order valence-electron chi connectivity index (χ4n) is 4.04. The lowest BCUT2D eigenvalue weighted by molar-refractivity contribution is -0.384. The standard InChI is InChI=1S/C27H28N2O6/c1-5-22(15-14-19-10-7-6-8-11-19)35-27(31)24-18(3)28-17(2)23(26(30)34-4)25(24)20-12-9-13-21(16-20)29(32)33/h6-16,22,25,28H,5H2,1-4H3. The number of nitrogens with one attached hydrogen (secondary N) is 1. The molecular formula is C27H28N2O6. The predicted octanol–water partition coefficient (Wildman–Crippen LogP) is 5.04. The Morgan fingerprint density at radius 1 is 1.06 bits per heavy atom. The van der Waals surface area contributed by atoms with E-state index in [0.717, 1.165) is 5.56 Å². The number of dihydropyridines is 1. The summed E-state index contributed by atoms with van der Waals surface area (Å²) in [6, 6.07) is 15.5. The summed E-state index contributed by atoms with van der Waals surface area (Å²) in [6.45, 7) is 5.30.